The minimum atomic E-state index is -0.540. The van der Waals surface area contributed by atoms with E-state index >= 15 is 0 Å². The van der Waals surface area contributed by atoms with Crippen LogP contribution < -0.4 is 5.32 Å². The third kappa shape index (κ3) is 3.36. The molecule has 0 spiro atoms. The Labute approximate surface area is 117 Å². The number of hydrogen-bond donors (Lipinski definition) is 1. The fourth-order valence-corrected chi connectivity index (χ4v) is 2.82. The lowest BCUT2D eigenvalue weighted by Crippen LogP contribution is -2.28. The van der Waals surface area contributed by atoms with Crippen molar-refractivity contribution in [3.05, 3.63) is 12.3 Å². The molecule has 1 N–H and O–H groups in total. The van der Waals surface area contributed by atoms with E-state index in [4.69, 9.17) is 0 Å². The first-order valence-electron chi connectivity index (χ1n) is 6.47. The summed E-state index contributed by atoms with van der Waals surface area (Å²) in [5.74, 6) is 1.77. The molecule has 0 aliphatic carbocycles. The first kappa shape index (κ1) is 14.1. The highest BCUT2D eigenvalue weighted by atomic mass is 32.2. The number of nitrogens with zero attached hydrogens (tertiary/aromatic N) is 4. The second kappa shape index (κ2) is 6.72. The van der Waals surface area contributed by atoms with Gasteiger partial charge in [0.25, 0.3) is 0 Å². The lowest BCUT2D eigenvalue weighted by Gasteiger charge is -2.21. The zero-order valence-corrected chi connectivity index (χ0v) is 12.1. The molecule has 19 heavy (non-hydrogen) atoms. The molecule has 7 heteroatoms. The number of fused-ring (bicyclic) bond motifs is 1. The van der Waals surface area contributed by atoms with Crippen LogP contribution in [0.5, 0.6) is 0 Å². The molecule has 0 fully saturated rings. The van der Waals surface area contributed by atoms with Gasteiger partial charge in [0.15, 0.2) is 11.5 Å². The van der Waals surface area contributed by atoms with E-state index in [1.807, 2.05) is 6.07 Å². The van der Waals surface area contributed by atoms with E-state index in [1.165, 1.54) is 0 Å². The lowest BCUT2D eigenvalue weighted by atomic mass is 10.5. The molecule has 1 aromatic heterocycles. The Kier molecular flexibility index (Phi) is 4.98. The number of aromatic nitrogens is 2. The molecule has 2 rings (SSSR count). The van der Waals surface area contributed by atoms with Gasteiger partial charge >= 0.3 is 0 Å². The Hall–Kier alpha value is -1.34. The fraction of sp³-hybridized carbons (Fsp3) is 0.583. The molecule has 1 aliphatic heterocycles. The number of amidine groups is 1. The van der Waals surface area contributed by atoms with Gasteiger partial charge in [0, 0.05) is 18.4 Å². The minimum absolute atomic E-state index is 0.540. The maximum atomic E-state index is 11.0. The summed E-state index contributed by atoms with van der Waals surface area (Å²) in [7, 11) is 0. The molecule has 0 radical (unpaired) electrons. The molecule has 0 bridgehead atoms. The van der Waals surface area contributed by atoms with E-state index in [-0.39, 0.29) is 0 Å². The maximum Gasteiger partial charge on any atom is 0.201 e. The Balaban J connectivity index is 1.91. The van der Waals surface area contributed by atoms with E-state index < -0.39 is 6.17 Å². The van der Waals surface area contributed by atoms with Crippen LogP contribution in [-0.4, -0.2) is 51.5 Å². The van der Waals surface area contributed by atoms with Crippen molar-refractivity contribution in [2.75, 3.05) is 30.7 Å². The van der Waals surface area contributed by atoms with E-state index in [2.05, 4.69) is 34.2 Å². The van der Waals surface area contributed by atoms with Gasteiger partial charge in [-0.3, -0.25) is 4.79 Å². The van der Waals surface area contributed by atoms with Gasteiger partial charge in [-0.15, -0.1) is 0 Å². The molecular weight excluding hydrogens is 262 g/mol. The summed E-state index contributed by atoms with van der Waals surface area (Å²) < 4.78 is 1.58. The number of aliphatic imine (C=N–C) groups is 1. The van der Waals surface area contributed by atoms with Gasteiger partial charge < -0.3 is 10.2 Å². The third-order valence-electron chi connectivity index (χ3n) is 3.07. The van der Waals surface area contributed by atoms with Gasteiger partial charge in [-0.1, -0.05) is 25.6 Å². The highest BCUT2D eigenvalue weighted by Gasteiger charge is 2.20. The van der Waals surface area contributed by atoms with Gasteiger partial charge in [-0.2, -0.15) is 5.10 Å². The summed E-state index contributed by atoms with van der Waals surface area (Å²) >= 11 is 1.64. The van der Waals surface area contributed by atoms with Crippen molar-refractivity contribution >= 4 is 29.0 Å². The van der Waals surface area contributed by atoms with Crippen LogP contribution in [0.25, 0.3) is 0 Å². The van der Waals surface area contributed by atoms with Gasteiger partial charge in [0.2, 0.25) is 6.17 Å². The number of hydrogen-bond acceptors (Lipinski definition) is 6. The van der Waals surface area contributed by atoms with Crippen molar-refractivity contribution in [1.29, 1.82) is 0 Å². The second-order valence-electron chi connectivity index (χ2n) is 4.15. The molecule has 0 saturated heterocycles. The van der Waals surface area contributed by atoms with Crippen LogP contribution in [0.3, 0.4) is 0 Å². The highest BCUT2D eigenvalue weighted by molar-refractivity contribution is 8.14. The average Bonchev–Trinajstić information content (AvgIpc) is 2.91. The summed E-state index contributed by atoms with van der Waals surface area (Å²) in [6.07, 6.45) is 1.93. The van der Waals surface area contributed by atoms with E-state index in [1.54, 1.807) is 22.6 Å². The standard InChI is InChI=1S/C12H19N5OS/c1-3-16(4-2)7-8-19-12-14-10-5-6-13-17(10)11(9-18)15-12/h5-6,9,11H,3-4,7-8H2,1-2H3,(H,14,15). The lowest BCUT2D eigenvalue weighted by molar-refractivity contribution is -0.110. The van der Waals surface area contributed by atoms with Crippen molar-refractivity contribution in [3.63, 3.8) is 0 Å². The van der Waals surface area contributed by atoms with Gasteiger partial charge in [0.05, 0.1) is 6.20 Å². The van der Waals surface area contributed by atoms with Crippen molar-refractivity contribution < 1.29 is 4.79 Å². The number of carbonyl (C=O) groups is 1. The highest BCUT2D eigenvalue weighted by Crippen LogP contribution is 2.22. The molecule has 0 amide bonds. The average molecular weight is 281 g/mol. The predicted octanol–water partition coefficient (Wildman–Crippen LogP) is 1.44. The summed E-state index contributed by atoms with van der Waals surface area (Å²) in [5.41, 5.74) is 0. The number of aldehydes is 1. The van der Waals surface area contributed by atoms with Crippen molar-refractivity contribution in [3.8, 4) is 0 Å². The molecule has 2 heterocycles. The Bertz CT molecular complexity index is 455. The Morgan fingerprint density at radius 3 is 3.00 bits per heavy atom. The molecule has 0 aromatic carbocycles. The summed E-state index contributed by atoms with van der Waals surface area (Å²) in [5, 5.41) is 8.05. The van der Waals surface area contributed by atoms with Gasteiger partial charge in [-0.05, 0) is 13.1 Å². The summed E-state index contributed by atoms with van der Waals surface area (Å²) in [4.78, 5) is 17.7. The normalized spacial score (nSPS) is 17.8. The predicted molar refractivity (Wildman–Crippen MR) is 78.6 cm³/mol. The third-order valence-corrected chi connectivity index (χ3v) is 3.94. The van der Waals surface area contributed by atoms with Crippen molar-refractivity contribution in [2.24, 2.45) is 4.99 Å². The summed E-state index contributed by atoms with van der Waals surface area (Å²) in [6, 6.07) is 1.84. The zero-order chi connectivity index (χ0) is 13.7. The number of carbonyl (C=O) groups excluding carboxylic acids is 1. The molecule has 1 atom stereocenters. The van der Waals surface area contributed by atoms with Crippen LogP contribution in [-0.2, 0) is 4.79 Å². The molecule has 6 nitrogen and oxygen atoms in total. The van der Waals surface area contributed by atoms with E-state index in [0.29, 0.717) is 0 Å². The molecule has 1 aromatic rings. The minimum Gasteiger partial charge on any atom is -0.320 e. The van der Waals surface area contributed by atoms with Gasteiger partial charge in [-0.25, -0.2) is 9.67 Å². The summed E-state index contributed by atoms with van der Waals surface area (Å²) in [6.45, 7) is 7.45. The largest absolute Gasteiger partial charge is 0.320 e. The monoisotopic (exact) mass is 281 g/mol. The van der Waals surface area contributed by atoms with Crippen LogP contribution in [0.15, 0.2) is 17.3 Å². The quantitative estimate of drug-likeness (QED) is 0.799. The number of anilines is 1. The first-order chi connectivity index (χ1) is 9.28. The fourth-order valence-electron chi connectivity index (χ4n) is 1.91. The smallest absolute Gasteiger partial charge is 0.201 e. The maximum absolute atomic E-state index is 11.0. The van der Waals surface area contributed by atoms with Crippen LogP contribution in [0.1, 0.15) is 20.0 Å². The van der Waals surface area contributed by atoms with Gasteiger partial charge in [0.1, 0.15) is 5.82 Å². The Morgan fingerprint density at radius 2 is 2.32 bits per heavy atom. The van der Waals surface area contributed by atoms with Crippen LogP contribution >= 0.6 is 11.8 Å². The van der Waals surface area contributed by atoms with Crippen molar-refractivity contribution in [2.45, 2.75) is 20.0 Å². The molecule has 104 valence electrons. The zero-order valence-electron chi connectivity index (χ0n) is 11.2. The van der Waals surface area contributed by atoms with Crippen LogP contribution in [0, 0.1) is 0 Å². The topological polar surface area (TPSA) is 62.5 Å². The number of thioether (sulfide) groups is 1. The molecule has 0 saturated carbocycles. The van der Waals surface area contributed by atoms with Crippen molar-refractivity contribution in [1.82, 2.24) is 14.7 Å². The SMILES string of the molecule is CCN(CC)CCSC1=NC(C=O)n2nccc2N1. The van der Waals surface area contributed by atoms with Crippen LogP contribution in [0.4, 0.5) is 5.82 Å². The molecule has 1 aliphatic rings. The van der Waals surface area contributed by atoms with E-state index in [0.717, 1.165) is 42.7 Å². The van der Waals surface area contributed by atoms with E-state index in [9.17, 15) is 4.79 Å². The molecular formula is C12H19N5OS. The van der Waals surface area contributed by atoms with Crippen LogP contribution in [0.2, 0.25) is 0 Å². The Morgan fingerprint density at radius 1 is 1.53 bits per heavy atom. The first-order valence-corrected chi connectivity index (χ1v) is 7.45. The number of nitrogens with one attached hydrogen (secondary N) is 1. The second-order valence-corrected chi connectivity index (χ2v) is 5.23. The number of rotatable bonds is 6. The molecule has 1 unspecified atom stereocenters.